The summed E-state index contributed by atoms with van der Waals surface area (Å²) in [7, 11) is 1.82. The van der Waals surface area contributed by atoms with E-state index in [4.69, 9.17) is 0 Å². The van der Waals surface area contributed by atoms with Gasteiger partial charge in [0, 0.05) is 37.6 Å². The molecular weight excluding hydrogens is 344 g/mol. The average molecular weight is 368 g/mol. The zero-order valence-corrected chi connectivity index (χ0v) is 15.4. The number of carbonyl (C=O) groups excluding carboxylic acids is 2. The molecule has 0 aliphatic carbocycles. The molecule has 1 saturated heterocycles. The van der Waals surface area contributed by atoms with Crippen molar-refractivity contribution in [2.24, 2.45) is 7.05 Å². The van der Waals surface area contributed by atoms with Crippen LogP contribution in [0.25, 0.3) is 0 Å². The highest BCUT2D eigenvalue weighted by atomic mass is 16.3. The summed E-state index contributed by atoms with van der Waals surface area (Å²) in [6, 6.07) is 8.83. The van der Waals surface area contributed by atoms with Crippen LogP contribution in [0, 0.1) is 0 Å². The van der Waals surface area contributed by atoms with Crippen molar-refractivity contribution >= 4 is 17.5 Å². The molecule has 0 atom stereocenters. The molecule has 1 fully saturated rings. The van der Waals surface area contributed by atoms with E-state index in [9.17, 15) is 14.7 Å². The summed E-state index contributed by atoms with van der Waals surface area (Å²) in [5.74, 6) is -0.287. The third-order valence-corrected chi connectivity index (χ3v) is 4.71. The number of aliphatic hydroxyl groups is 1. The van der Waals surface area contributed by atoms with Gasteiger partial charge in [-0.1, -0.05) is 6.58 Å². The van der Waals surface area contributed by atoms with Crippen LogP contribution >= 0.6 is 0 Å². The maximum Gasteiger partial charge on any atom is 0.253 e. The quantitative estimate of drug-likeness (QED) is 0.816. The number of amides is 2. The van der Waals surface area contributed by atoms with Gasteiger partial charge in [-0.2, -0.15) is 5.10 Å². The molecule has 27 heavy (non-hydrogen) atoms. The number of nitrogens with zero attached hydrogens (tertiary/aromatic N) is 4. The molecule has 2 amide bonds. The topological polar surface area (TPSA) is 78.7 Å². The molecule has 1 aliphatic heterocycles. The van der Waals surface area contributed by atoms with Gasteiger partial charge >= 0.3 is 0 Å². The van der Waals surface area contributed by atoms with Crippen molar-refractivity contribution < 1.29 is 14.7 Å². The first-order chi connectivity index (χ1) is 13.0. The fourth-order valence-electron chi connectivity index (χ4n) is 3.15. The molecule has 1 N–H and O–H groups in total. The fraction of sp³-hybridized carbons (Fsp3) is 0.350. The number of hydrogen-bond acceptors (Lipinski definition) is 4. The molecule has 0 unspecified atom stereocenters. The van der Waals surface area contributed by atoms with Crippen LogP contribution in [0.1, 0.15) is 28.9 Å². The summed E-state index contributed by atoms with van der Waals surface area (Å²) in [4.78, 5) is 28.2. The van der Waals surface area contributed by atoms with Crippen molar-refractivity contribution in [1.82, 2.24) is 14.7 Å². The second kappa shape index (κ2) is 8.18. The van der Waals surface area contributed by atoms with E-state index in [1.54, 1.807) is 38.7 Å². The van der Waals surface area contributed by atoms with E-state index >= 15 is 0 Å². The van der Waals surface area contributed by atoms with Crippen LogP contribution in [-0.2, 0) is 18.4 Å². The summed E-state index contributed by atoms with van der Waals surface area (Å²) in [6.45, 7) is 5.01. The SMILES string of the molecule is C=CC(=O)N(Cc1ccn(C)n1)c1ccc(C(=O)N2CCC(O)CC2)cc1. The first kappa shape index (κ1) is 18.8. The van der Waals surface area contributed by atoms with Gasteiger partial charge in [-0.25, -0.2) is 0 Å². The van der Waals surface area contributed by atoms with Crippen LogP contribution < -0.4 is 4.90 Å². The lowest BCUT2D eigenvalue weighted by Gasteiger charge is -2.29. The van der Waals surface area contributed by atoms with E-state index < -0.39 is 0 Å². The largest absolute Gasteiger partial charge is 0.393 e. The Morgan fingerprint density at radius 1 is 1.26 bits per heavy atom. The molecule has 3 rings (SSSR count). The third kappa shape index (κ3) is 4.43. The number of benzene rings is 1. The number of aryl methyl sites for hydroxylation is 1. The summed E-state index contributed by atoms with van der Waals surface area (Å²) >= 11 is 0. The molecule has 7 nitrogen and oxygen atoms in total. The highest BCUT2D eigenvalue weighted by molar-refractivity contribution is 6.01. The van der Waals surface area contributed by atoms with Crippen molar-refractivity contribution in [3.05, 3.63) is 60.4 Å². The summed E-state index contributed by atoms with van der Waals surface area (Å²) in [6.07, 6.45) is 3.98. The van der Waals surface area contributed by atoms with Gasteiger partial charge in [0.1, 0.15) is 0 Å². The molecule has 0 saturated carbocycles. The minimum atomic E-state index is -0.318. The summed E-state index contributed by atoms with van der Waals surface area (Å²) in [5, 5.41) is 13.9. The minimum Gasteiger partial charge on any atom is -0.393 e. The van der Waals surface area contributed by atoms with E-state index in [1.165, 1.54) is 6.08 Å². The summed E-state index contributed by atoms with van der Waals surface area (Å²) < 4.78 is 1.68. The Bertz CT molecular complexity index is 820. The van der Waals surface area contributed by atoms with Crippen molar-refractivity contribution in [3.63, 3.8) is 0 Å². The van der Waals surface area contributed by atoms with Crippen LogP contribution in [0.5, 0.6) is 0 Å². The van der Waals surface area contributed by atoms with Crippen LogP contribution in [-0.4, -0.2) is 50.8 Å². The molecule has 2 aromatic rings. The Morgan fingerprint density at radius 2 is 1.93 bits per heavy atom. The van der Waals surface area contributed by atoms with E-state index in [1.807, 2.05) is 19.3 Å². The number of hydrogen-bond donors (Lipinski definition) is 1. The van der Waals surface area contributed by atoms with Gasteiger partial charge in [0.05, 0.1) is 18.3 Å². The van der Waals surface area contributed by atoms with Gasteiger partial charge in [-0.15, -0.1) is 0 Å². The summed E-state index contributed by atoms with van der Waals surface area (Å²) in [5.41, 5.74) is 2.01. The molecule has 1 aromatic heterocycles. The number of aliphatic hydroxyl groups excluding tert-OH is 1. The van der Waals surface area contributed by atoms with Crippen molar-refractivity contribution in [1.29, 1.82) is 0 Å². The fourth-order valence-corrected chi connectivity index (χ4v) is 3.15. The first-order valence-electron chi connectivity index (χ1n) is 8.98. The average Bonchev–Trinajstić information content (AvgIpc) is 3.10. The lowest BCUT2D eigenvalue weighted by molar-refractivity contribution is -0.114. The number of aromatic nitrogens is 2. The number of anilines is 1. The molecule has 0 radical (unpaired) electrons. The monoisotopic (exact) mass is 368 g/mol. The maximum absolute atomic E-state index is 12.6. The molecule has 0 bridgehead atoms. The van der Waals surface area contributed by atoms with E-state index in [0.717, 1.165) is 5.69 Å². The molecule has 7 heteroatoms. The molecular formula is C20H24N4O3. The van der Waals surface area contributed by atoms with Crippen LogP contribution in [0.3, 0.4) is 0 Å². The minimum absolute atomic E-state index is 0.0558. The zero-order chi connectivity index (χ0) is 19.4. The lowest BCUT2D eigenvalue weighted by Crippen LogP contribution is -2.40. The molecule has 2 heterocycles. The molecule has 142 valence electrons. The standard InChI is InChI=1S/C20H24N4O3/c1-3-19(26)24(14-16-8-11-22(2)21-16)17-6-4-15(5-7-17)20(27)23-12-9-18(25)10-13-23/h3-8,11,18,25H,1,9-10,12-14H2,2H3. The Hall–Kier alpha value is -2.93. The van der Waals surface area contributed by atoms with Crippen LogP contribution in [0.15, 0.2) is 49.2 Å². The first-order valence-corrected chi connectivity index (χ1v) is 8.98. The third-order valence-electron chi connectivity index (χ3n) is 4.71. The molecule has 1 aromatic carbocycles. The predicted octanol–water partition coefficient (Wildman–Crippen LogP) is 1.74. The van der Waals surface area contributed by atoms with E-state index in [0.29, 0.717) is 43.7 Å². The Balaban J connectivity index is 1.75. The van der Waals surface area contributed by atoms with E-state index in [2.05, 4.69) is 11.7 Å². The Morgan fingerprint density at radius 3 is 2.48 bits per heavy atom. The number of carbonyl (C=O) groups is 2. The number of likely N-dealkylation sites (tertiary alicyclic amines) is 1. The zero-order valence-electron chi connectivity index (χ0n) is 15.4. The van der Waals surface area contributed by atoms with Gasteiger partial charge in [-0.05, 0) is 49.2 Å². The van der Waals surface area contributed by atoms with Gasteiger partial charge in [0.25, 0.3) is 11.8 Å². The highest BCUT2D eigenvalue weighted by Crippen LogP contribution is 2.20. The van der Waals surface area contributed by atoms with Gasteiger partial charge in [0.15, 0.2) is 0 Å². The van der Waals surface area contributed by atoms with Gasteiger partial charge < -0.3 is 14.9 Å². The second-order valence-electron chi connectivity index (χ2n) is 6.68. The Kier molecular flexibility index (Phi) is 5.71. The van der Waals surface area contributed by atoms with Gasteiger partial charge in [0.2, 0.25) is 0 Å². The Labute approximate surface area is 158 Å². The van der Waals surface area contributed by atoms with Crippen molar-refractivity contribution in [2.75, 3.05) is 18.0 Å². The lowest BCUT2D eigenvalue weighted by atomic mass is 10.1. The van der Waals surface area contributed by atoms with Crippen molar-refractivity contribution in [2.45, 2.75) is 25.5 Å². The smallest absolute Gasteiger partial charge is 0.253 e. The number of piperidine rings is 1. The van der Waals surface area contributed by atoms with Gasteiger partial charge in [-0.3, -0.25) is 14.3 Å². The van der Waals surface area contributed by atoms with Crippen molar-refractivity contribution in [3.8, 4) is 0 Å². The van der Waals surface area contributed by atoms with Crippen LogP contribution in [0.4, 0.5) is 5.69 Å². The normalized spacial score (nSPS) is 14.8. The maximum atomic E-state index is 12.6. The predicted molar refractivity (Wildman–Crippen MR) is 102 cm³/mol. The van der Waals surface area contributed by atoms with Crippen LogP contribution in [0.2, 0.25) is 0 Å². The highest BCUT2D eigenvalue weighted by Gasteiger charge is 2.23. The molecule has 0 spiro atoms. The number of rotatable bonds is 5. The second-order valence-corrected chi connectivity index (χ2v) is 6.68. The van der Waals surface area contributed by atoms with E-state index in [-0.39, 0.29) is 17.9 Å². The molecule has 1 aliphatic rings.